The van der Waals surface area contributed by atoms with Crippen LogP contribution in [0.1, 0.15) is 76.7 Å². The summed E-state index contributed by atoms with van der Waals surface area (Å²) >= 11 is 0. The number of carbonyl (C=O) groups excluding carboxylic acids is 1. The van der Waals surface area contributed by atoms with Crippen molar-refractivity contribution >= 4 is 5.97 Å². The molecule has 25 heavy (non-hydrogen) atoms. The number of ether oxygens (including phenoxy) is 1. The molecular weight excluding hydrogens is 310 g/mol. The molecular formula is C22H33NO2. The van der Waals surface area contributed by atoms with Gasteiger partial charge in [0.2, 0.25) is 0 Å². The van der Waals surface area contributed by atoms with Crippen LogP contribution in [0.4, 0.5) is 0 Å². The lowest BCUT2D eigenvalue weighted by molar-refractivity contribution is -0.145. The topological polar surface area (TPSA) is 39.2 Å². The first-order valence-corrected chi connectivity index (χ1v) is 9.67. The average Bonchev–Trinajstić information content (AvgIpc) is 2.64. The van der Waals surface area contributed by atoms with Crippen LogP contribution in [0.15, 0.2) is 48.8 Å². The first kappa shape index (κ1) is 21.1. The summed E-state index contributed by atoms with van der Waals surface area (Å²) in [6, 6.07) is 3.76. The summed E-state index contributed by atoms with van der Waals surface area (Å²) in [6.45, 7) is 2.53. The number of nitrogens with zero attached hydrogens (tertiary/aromatic N) is 1. The first-order valence-electron chi connectivity index (χ1n) is 9.67. The lowest BCUT2D eigenvalue weighted by Crippen LogP contribution is -2.04. The standard InChI is InChI=1S/C22H33NO2/c1-2-3-4-5-6-7-8-9-10-11-12-13-14-17-22(24)25-20-21-16-15-18-23-19-21/h4-5,7-8,15-16,18-19H,2-3,6,9-14,17,20H2,1H3/b5-4-,8-7-. The Kier molecular flexibility index (Phi) is 13.2. The van der Waals surface area contributed by atoms with Gasteiger partial charge >= 0.3 is 5.97 Å². The number of carbonyl (C=O) groups is 1. The predicted molar refractivity (Wildman–Crippen MR) is 104 cm³/mol. The van der Waals surface area contributed by atoms with E-state index in [1.54, 1.807) is 12.4 Å². The Labute approximate surface area is 153 Å². The van der Waals surface area contributed by atoms with Crippen LogP contribution in [0.3, 0.4) is 0 Å². The highest BCUT2D eigenvalue weighted by Crippen LogP contribution is 2.09. The van der Waals surface area contributed by atoms with Gasteiger partial charge in [0.1, 0.15) is 6.61 Å². The van der Waals surface area contributed by atoms with Crippen LogP contribution in [0.5, 0.6) is 0 Å². The maximum absolute atomic E-state index is 11.7. The van der Waals surface area contributed by atoms with Gasteiger partial charge in [0.25, 0.3) is 0 Å². The van der Waals surface area contributed by atoms with Gasteiger partial charge in [0, 0.05) is 24.4 Å². The van der Waals surface area contributed by atoms with E-state index in [1.807, 2.05) is 12.1 Å². The minimum Gasteiger partial charge on any atom is -0.461 e. The lowest BCUT2D eigenvalue weighted by Gasteiger charge is -2.04. The second kappa shape index (κ2) is 15.6. The van der Waals surface area contributed by atoms with Crippen molar-refractivity contribution in [2.45, 2.75) is 77.7 Å². The third-order valence-corrected chi connectivity index (χ3v) is 3.94. The fourth-order valence-corrected chi connectivity index (χ4v) is 2.45. The van der Waals surface area contributed by atoms with Crippen molar-refractivity contribution in [1.29, 1.82) is 0 Å². The minimum absolute atomic E-state index is 0.108. The number of aromatic nitrogens is 1. The van der Waals surface area contributed by atoms with Crippen molar-refractivity contribution in [1.82, 2.24) is 4.98 Å². The molecule has 0 bridgehead atoms. The summed E-state index contributed by atoms with van der Waals surface area (Å²) in [6.07, 6.45) is 23.3. The van der Waals surface area contributed by atoms with Gasteiger partial charge in [-0.1, -0.05) is 63.0 Å². The smallest absolute Gasteiger partial charge is 0.306 e. The van der Waals surface area contributed by atoms with E-state index in [-0.39, 0.29) is 5.97 Å². The molecule has 138 valence electrons. The monoisotopic (exact) mass is 343 g/mol. The first-order chi connectivity index (χ1) is 12.3. The molecule has 0 atom stereocenters. The van der Waals surface area contributed by atoms with Crippen LogP contribution in [-0.4, -0.2) is 11.0 Å². The zero-order valence-corrected chi connectivity index (χ0v) is 15.7. The maximum Gasteiger partial charge on any atom is 0.306 e. The van der Waals surface area contributed by atoms with Crippen LogP contribution in [0.2, 0.25) is 0 Å². The van der Waals surface area contributed by atoms with Crippen LogP contribution in [0.25, 0.3) is 0 Å². The van der Waals surface area contributed by atoms with Gasteiger partial charge in [-0.3, -0.25) is 9.78 Å². The number of unbranched alkanes of at least 4 members (excludes halogenated alkanes) is 6. The van der Waals surface area contributed by atoms with Crippen LogP contribution < -0.4 is 0 Å². The van der Waals surface area contributed by atoms with E-state index in [4.69, 9.17) is 4.74 Å². The van der Waals surface area contributed by atoms with Crippen LogP contribution in [0, 0.1) is 0 Å². The van der Waals surface area contributed by atoms with E-state index in [9.17, 15) is 4.79 Å². The quantitative estimate of drug-likeness (QED) is 0.231. The normalized spacial score (nSPS) is 11.4. The SMILES string of the molecule is CCC/C=C\C/C=C\CCCCCCCC(=O)OCc1cccnc1. The Balaban J connectivity index is 1.88. The summed E-state index contributed by atoms with van der Waals surface area (Å²) < 4.78 is 5.24. The van der Waals surface area contributed by atoms with E-state index in [1.165, 1.54) is 32.1 Å². The molecule has 0 aliphatic rings. The van der Waals surface area contributed by atoms with E-state index < -0.39 is 0 Å². The molecule has 0 spiro atoms. The molecule has 0 unspecified atom stereocenters. The van der Waals surface area contributed by atoms with Crippen LogP contribution in [-0.2, 0) is 16.1 Å². The molecule has 1 rings (SSSR count). The molecule has 3 heteroatoms. The van der Waals surface area contributed by atoms with Gasteiger partial charge < -0.3 is 4.74 Å². The zero-order valence-electron chi connectivity index (χ0n) is 15.7. The van der Waals surface area contributed by atoms with Crippen molar-refractivity contribution in [2.24, 2.45) is 0 Å². The number of esters is 1. The second-order valence-electron chi connectivity index (χ2n) is 6.30. The third kappa shape index (κ3) is 13.1. The van der Waals surface area contributed by atoms with Crippen molar-refractivity contribution in [3.8, 4) is 0 Å². The summed E-state index contributed by atoms with van der Waals surface area (Å²) in [5.41, 5.74) is 0.935. The molecule has 1 heterocycles. The van der Waals surface area contributed by atoms with Gasteiger partial charge in [0.15, 0.2) is 0 Å². The fourth-order valence-electron chi connectivity index (χ4n) is 2.45. The number of pyridine rings is 1. The molecule has 0 aromatic carbocycles. The highest BCUT2D eigenvalue weighted by molar-refractivity contribution is 5.69. The molecule has 1 aromatic rings. The molecule has 1 aromatic heterocycles. The molecule has 0 N–H and O–H groups in total. The van der Waals surface area contributed by atoms with Gasteiger partial charge in [-0.15, -0.1) is 0 Å². The van der Waals surface area contributed by atoms with Gasteiger partial charge in [-0.2, -0.15) is 0 Å². The molecule has 0 saturated carbocycles. The highest BCUT2D eigenvalue weighted by Gasteiger charge is 2.03. The van der Waals surface area contributed by atoms with Gasteiger partial charge in [0.05, 0.1) is 0 Å². The van der Waals surface area contributed by atoms with E-state index in [0.29, 0.717) is 13.0 Å². The Bertz CT molecular complexity index is 494. The summed E-state index contributed by atoms with van der Waals surface area (Å²) in [7, 11) is 0. The summed E-state index contributed by atoms with van der Waals surface area (Å²) in [5.74, 6) is -0.108. The highest BCUT2D eigenvalue weighted by atomic mass is 16.5. The van der Waals surface area contributed by atoms with E-state index in [2.05, 4.69) is 36.2 Å². The molecule has 0 aliphatic carbocycles. The molecule has 3 nitrogen and oxygen atoms in total. The largest absolute Gasteiger partial charge is 0.461 e. The van der Waals surface area contributed by atoms with E-state index >= 15 is 0 Å². The number of hydrogen-bond donors (Lipinski definition) is 0. The van der Waals surface area contributed by atoms with Crippen molar-refractivity contribution in [2.75, 3.05) is 0 Å². The van der Waals surface area contributed by atoms with Gasteiger partial charge in [-0.25, -0.2) is 0 Å². The Morgan fingerprint density at radius 2 is 1.80 bits per heavy atom. The summed E-state index contributed by atoms with van der Waals surface area (Å²) in [4.78, 5) is 15.7. The van der Waals surface area contributed by atoms with Crippen molar-refractivity contribution < 1.29 is 9.53 Å². The fraction of sp³-hybridized carbons (Fsp3) is 0.545. The molecule has 0 radical (unpaired) electrons. The molecule has 0 fully saturated rings. The summed E-state index contributed by atoms with van der Waals surface area (Å²) in [5, 5.41) is 0. The minimum atomic E-state index is -0.108. The Morgan fingerprint density at radius 3 is 2.56 bits per heavy atom. The lowest BCUT2D eigenvalue weighted by atomic mass is 10.1. The zero-order chi connectivity index (χ0) is 18.0. The number of hydrogen-bond acceptors (Lipinski definition) is 3. The Hall–Kier alpha value is -1.90. The number of rotatable bonds is 14. The Morgan fingerprint density at radius 1 is 1.04 bits per heavy atom. The van der Waals surface area contributed by atoms with E-state index in [0.717, 1.165) is 31.2 Å². The molecule has 0 aliphatic heterocycles. The molecule has 0 amide bonds. The van der Waals surface area contributed by atoms with Crippen molar-refractivity contribution in [3.63, 3.8) is 0 Å². The molecule has 0 saturated heterocycles. The van der Waals surface area contributed by atoms with Crippen LogP contribution >= 0.6 is 0 Å². The maximum atomic E-state index is 11.7. The number of allylic oxidation sites excluding steroid dienone is 4. The van der Waals surface area contributed by atoms with Gasteiger partial charge in [-0.05, 0) is 38.2 Å². The third-order valence-electron chi connectivity index (χ3n) is 3.94. The van der Waals surface area contributed by atoms with Crippen molar-refractivity contribution in [3.05, 3.63) is 54.4 Å². The second-order valence-corrected chi connectivity index (χ2v) is 6.30. The predicted octanol–water partition coefficient (Wildman–Crippen LogP) is 6.16. The average molecular weight is 344 g/mol.